The van der Waals surface area contributed by atoms with E-state index in [1.165, 1.54) is 11.1 Å². The smallest absolute Gasteiger partial charge is 0.0477 e. The van der Waals surface area contributed by atoms with Gasteiger partial charge in [0.25, 0.3) is 0 Å². The van der Waals surface area contributed by atoms with Crippen LogP contribution in [0.3, 0.4) is 0 Å². The van der Waals surface area contributed by atoms with Gasteiger partial charge in [0, 0.05) is 11.9 Å². The second-order valence-electron chi connectivity index (χ2n) is 3.54. The number of alkyl halides is 1. The molecule has 0 aliphatic carbocycles. The van der Waals surface area contributed by atoms with E-state index in [4.69, 9.17) is 11.6 Å². The van der Waals surface area contributed by atoms with Gasteiger partial charge >= 0.3 is 0 Å². The summed E-state index contributed by atoms with van der Waals surface area (Å²) in [6.45, 7) is 2.09. The molecule has 1 rings (SSSR count). The molecule has 0 radical (unpaired) electrons. The van der Waals surface area contributed by atoms with Crippen LogP contribution in [0.15, 0.2) is 24.3 Å². The third kappa shape index (κ3) is 2.71. The van der Waals surface area contributed by atoms with Crippen LogP contribution >= 0.6 is 11.6 Å². The second kappa shape index (κ2) is 4.64. The van der Waals surface area contributed by atoms with Gasteiger partial charge in [-0.05, 0) is 26.6 Å². The van der Waals surface area contributed by atoms with Crippen LogP contribution in [0.4, 0.5) is 0 Å². The lowest BCUT2D eigenvalue weighted by Gasteiger charge is -2.22. The first-order chi connectivity index (χ1) is 6.15. The lowest BCUT2D eigenvalue weighted by molar-refractivity contribution is 0.324. The highest BCUT2D eigenvalue weighted by Gasteiger charge is 2.11. The molecule has 0 heterocycles. The zero-order valence-corrected chi connectivity index (χ0v) is 9.17. The molecule has 0 N–H and O–H groups in total. The largest absolute Gasteiger partial charge is 0.301 e. The number of nitrogens with zero attached hydrogens (tertiary/aromatic N) is 1. The van der Waals surface area contributed by atoms with Crippen molar-refractivity contribution in [1.82, 2.24) is 4.90 Å². The van der Waals surface area contributed by atoms with Gasteiger partial charge in [-0.3, -0.25) is 0 Å². The third-order valence-electron chi connectivity index (χ3n) is 2.23. The van der Waals surface area contributed by atoms with Crippen LogP contribution in [-0.2, 0) is 0 Å². The lowest BCUT2D eigenvalue weighted by Crippen LogP contribution is -2.21. The molecule has 0 spiro atoms. The number of halogens is 1. The summed E-state index contributed by atoms with van der Waals surface area (Å²) in [5.74, 6) is 0.635. The molecule has 1 aromatic rings. The molecule has 1 unspecified atom stereocenters. The van der Waals surface area contributed by atoms with E-state index in [9.17, 15) is 0 Å². The molecular weight excluding hydrogens is 182 g/mol. The Morgan fingerprint density at radius 1 is 1.23 bits per heavy atom. The minimum Gasteiger partial charge on any atom is -0.301 e. The fourth-order valence-electron chi connectivity index (χ4n) is 1.31. The van der Waals surface area contributed by atoms with Gasteiger partial charge in [0.15, 0.2) is 0 Å². The number of hydrogen-bond acceptors (Lipinski definition) is 1. The first kappa shape index (κ1) is 10.6. The van der Waals surface area contributed by atoms with Crippen molar-refractivity contribution in [3.05, 3.63) is 35.4 Å². The molecule has 72 valence electrons. The van der Waals surface area contributed by atoms with Crippen molar-refractivity contribution in [3.8, 4) is 0 Å². The minimum absolute atomic E-state index is 0.322. The zero-order valence-electron chi connectivity index (χ0n) is 8.42. The van der Waals surface area contributed by atoms with E-state index < -0.39 is 0 Å². The summed E-state index contributed by atoms with van der Waals surface area (Å²) in [5, 5.41) is 0. The normalized spacial score (nSPS) is 13.3. The van der Waals surface area contributed by atoms with Crippen LogP contribution in [0.1, 0.15) is 17.2 Å². The van der Waals surface area contributed by atoms with Crippen LogP contribution in [0.2, 0.25) is 0 Å². The summed E-state index contributed by atoms with van der Waals surface area (Å²) >= 11 is 5.90. The molecule has 0 saturated carbocycles. The van der Waals surface area contributed by atoms with Gasteiger partial charge in [0.05, 0.1) is 0 Å². The molecular formula is C11H16ClN. The Labute approximate surface area is 85.3 Å². The summed E-state index contributed by atoms with van der Waals surface area (Å²) in [6.07, 6.45) is 0. The number of aryl methyl sites for hydroxylation is 1. The Morgan fingerprint density at radius 2 is 1.77 bits per heavy atom. The number of rotatable bonds is 3. The zero-order chi connectivity index (χ0) is 9.84. The number of hydrogen-bond donors (Lipinski definition) is 0. The van der Waals surface area contributed by atoms with E-state index in [1.807, 2.05) is 14.1 Å². The van der Waals surface area contributed by atoms with Crippen LogP contribution in [-0.4, -0.2) is 24.9 Å². The minimum atomic E-state index is 0.322. The maximum Gasteiger partial charge on any atom is 0.0477 e. The molecule has 13 heavy (non-hydrogen) atoms. The molecule has 0 amide bonds. The molecule has 0 saturated heterocycles. The van der Waals surface area contributed by atoms with Gasteiger partial charge in [-0.1, -0.05) is 29.8 Å². The Bertz CT molecular complexity index is 253. The average Bonchev–Trinajstić information content (AvgIpc) is 2.09. The Morgan fingerprint density at radius 3 is 2.15 bits per heavy atom. The fraction of sp³-hybridized carbons (Fsp3) is 0.455. The maximum atomic E-state index is 5.90. The molecule has 1 nitrogen and oxygen atoms in total. The van der Waals surface area contributed by atoms with Crippen molar-refractivity contribution in [1.29, 1.82) is 0 Å². The molecule has 0 aliphatic rings. The molecule has 1 aromatic carbocycles. The highest BCUT2D eigenvalue weighted by atomic mass is 35.5. The van der Waals surface area contributed by atoms with Crippen molar-refractivity contribution in [2.75, 3.05) is 20.0 Å². The van der Waals surface area contributed by atoms with Crippen molar-refractivity contribution in [3.63, 3.8) is 0 Å². The molecule has 0 aliphatic heterocycles. The summed E-state index contributed by atoms with van der Waals surface area (Å²) < 4.78 is 0. The quantitative estimate of drug-likeness (QED) is 0.674. The first-order valence-corrected chi connectivity index (χ1v) is 4.97. The van der Waals surface area contributed by atoms with Crippen molar-refractivity contribution in [2.24, 2.45) is 0 Å². The maximum absolute atomic E-state index is 5.90. The summed E-state index contributed by atoms with van der Waals surface area (Å²) in [4.78, 5) is 2.14. The van der Waals surface area contributed by atoms with Gasteiger partial charge in [-0.2, -0.15) is 0 Å². The topological polar surface area (TPSA) is 3.24 Å². The van der Waals surface area contributed by atoms with Crippen LogP contribution in [0.25, 0.3) is 0 Å². The SMILES string of the molecule is Cc1ccc(C(CCl)N(C)C)cc1. The van der Waals surface area contributed by atoms with Gasteiger partial charge in [-0.25, -0.2) is 0 Å². The number of benzene rings is 1. The predicted molar refractivity (Wildman–Crippen MR) is 58.3 cm³/mol. The highest BCUT2D eigenvalue weighted by Crippen LogP contribution is 2.19. The van der Waals surface area contributed by atoms with Crippen molar-refractivity contribution < 1.29 is 0 Å². The molecule has 0 fully saturated rings. The lowest BCUT2D eigenvalue weighted by atomic mass is 10.1. The standard InChI is InChI=1S/C11H16ClN/c1-9-4-6-10(7-5-9)11(8-12)13(2)3/h4-7,11H,8H2,1-3H3. The summed E-state index contributed by atoms with van der Waals surface area (Å²) in [6, 6.07) is 8.85. The first-order valence-electron chi connectivity index (χ1n) is 4.44. The molecule has 2 heteroatoms. The summed E-state index contributed by atoms with van der Waals surface area (Å²) in [5.41, 5.74) is 2.57. The second-order valence-corrected chi connectivity index (χ2v) is 3.85. The fourth-order valence-corrected chi connectivity index (χ4v) is 1.77. The van der Waals surface area contributed by atoms with Gasteiger partial charge in [0.1, 0.15) is 0 Å². The van der Waals surface area contributed by atoms with Gasteiger partial charge in [0.2, 0.25) is 0 Å². The third-order valence-corrected chi connectivity index (χ3v) is 2.52. The van der Waals surface area contributed by atoms with E-state index >= 15 is 0 Å². The van der Waals surface area contributed by atoms with E-state index in [2.05, 4.69) is 36.1 Å². The van der Waals surface area contributed by atoms with Crippen molar-refractivity contribution in [2.45, 2.75) is 13.0 Å². The van der Waals surface area contributed by atoms with E-state index in [1.54, 1.807) is 0 Å². The van der Waals surface area contributed by atoms with Crippen LogP contribution in [0.5, 0.6) is 0 Å². The molecule has 0 bridgehead atoms. The van der Waals surface area contributed by atoms with Crippen LogP contribution < -0.4 is 0 Å². The van der Waals surface area contributed by atoms with Crippen molar-refractivity contribution >= 4 is 11.6 Å². The monoisotopic (exact) mass is 197 g/mol. The summed E-state index contributed by atoms with van der Waals surface area (Å²) in [7, 11) is 4.10. The van der Waals surface area contributed by atoms with Gasteiger partial charge < -0.3 is 4.90 Å². The van der Waals surface area contributed by atoms with Gasteiger partial charge in [-0.15, -0.1) is 11.6 Å². The van der Waals surface area contributed by atoms with E-state index in [0.717, 1.165) is 0 Å². The highest BCUT2D eigenvalue weighted by molar-refractivity contribution is 6.18. The Kier molecular flexibility index (Phi) is 3.76. The predicted octanol–water partition coefficient (Wildman–Crippen LogP) is 2.84. The van der Waals surface area contributed by atoms with E-state index in [-0.39, 0.29) is 0 Å². The van der Waals surface area contributed by atoms with E-state index in [0.29, 0.717) is 11.9 Å². The molecule has 1 atom stereocenters. The molecule has 0 aromatic heterocycles. The Balaban J connectivity index is 2.86. The average molecular weight is 198 g/mol. The van der Waals surface area contributed by atoms with Crippen LogP contribution in [0, 0.1) is 6.92 Å². The Hall–Kier alpha value is -0.530.